The molecule has 16 heavy (non-hydrogen) atoms. The number of aryl methyl sites for hydroxylation is 1. The van der Waals surface area contributed by atoms with Gasteiger partial charge in [-0.25, -0.2) is 0 Å². The highest BCUT2D eigenvalue weighted by atomic mass is 16.5. The molecule has 0 aliphatic rings. The molecule has 0 bridgehead atoms. The Kier molecular flexibility index (Phi) is 4.83. The van der Waals surface area contributed by atoms with E-state index in [1.165, 1.54) is 5.56 Å². The molecule has 1 aromatic carbocycles. The fourth-order valence-electron chi connectivity index (χ4n) is 1.23. The van der Waals surface area contributed by atoms with Crippen molar-refractivity contribution < 1.29 is 4.74 Å². The van der Waals surface area contributed by atoms with Gasteiger partial charge >= 0.3 is 0 Å². The summed E-state index contributed by atoms with van der Waals surface area (Å²) in [7, 11) is 0. The monoisotopic (exact) mass is 220 g/mol. The van der Waals surface area contributed by atoms with Crippen molar-refractivity contribution in [3.05, 3.63) is 29.8 Å². The zero-order valence-corrected chi connectivity index (χ0v) is 10.2. The predicted molar refractivity (Wildman–Crippen MR) is 68.0 cm³/mol. The molecule has 0 saturated heterocycles. The fraction of sp³-hybridized carbons (Fsp3) is 0.462. The van der Waals surface area contributed by atoms with E-state index in [-0.39, 0.29) is 0 Å². The molecule has 3 heteroatoms. The van der Waals surface area contributed by atoms with Gasteiger partial charge in [0, 0.05) is 5.92 Å². The molecule has 0 saturated carbocycles. The van der Waals surface area contributed by atoms with E-state index < -0.39 is 0 Å². The van der Waals surface area contributed by atoms with Gasteiger partial charge in [-0.05, 0) is 24.6 Å². The van der Waals surface area contributed by atoms with Crippen molar-refractivity contribution in [2.75, 3.05) is 13.2 Å². The number of hydrogen-bond donors (Lipinski definition) is 1. The van der Waals surface area contributed by atoms with Gasteiger partial charge in [-0.15, -0.1) is 0 Å². The van der Waals surface area contributed by atoms with Gasteiger partial charge in [-0.1, -0.05) is 26.0 Å². The normalized spacial score (nSPS) is 11.9. The third-order valence-corrected chi connectivity index (χ3v) is 2.24. The maximum Gasteiger partial charge on any atom is 0.119 e. The first-order chi connectivity index (χ1) is 7.59. The van der Waals surface area contributed by atoms with E-state index in [0.717, 1.165) is 5.75 Å². The Bertz CT molecular complexity index is 359. The molecule has 0 atom stereocenters. The zero-order chi connectivity index (χ0) is 12.0. The fourth-order valence-corrected chi connectivity index (χ4v) is 1.23. The molecule has 0 aliphatic heterocycles. The third-order valence-electron chi connectivity index (χ3n) is 2.24. The van der Waals surface area contributed by atoms with Crippen LogP contribution in [-0.2, 0) is 0 Å². The summed E-state index contributed by atoms with van der Waals surface area (Å²) >= 11 is 0. The molecule has 0 amide bonds. The first-order valence-corrected chi connectivity index (χ1v) is 5.59. The van der Waals surface area contributed by atoms with Crippen LogP contribution in [0.15, 0.2) is 29.3 Å². The van der Waals surface area contributed by atoms with E-state index in [4.69, 9.17) is 10.5 Å². The number of nitrogens with zero attached hydrogens (tertiary/aromatic N) is 1. The number of ether oxygens (including phenoxy) is 1. The lowest BCUT2D eigenvalue weighted by Gasteiger charge is -2.06. The lowest BCUT2D eigenvalue weighted by atomic mass is 10.2. The summed E-state index contributed by atoms with van der Waals surface area (Å²) in [6.07, 6.45) is 0. The Morgan fingerprint density at radius 2 is 2.19 bits per heavy atom. The smallest absolute Gasteiger partial charge is 0.119 e. The summed E-state index contributed by atoms with van der Waals surface area (Å²) in [6.45, 7) is 7.27. The maximum absolute atomic E-state index is 5.71. The predicted octanol–water partition coefficient (Wildman–Crippen LogP) is 2.39. The van der Waals surface area contributed by atoms with Crippen molar-refractivity contribution in [3.8, 4) is 5.75 Å². The van der Waals surface area contributed by atoms with E-state index in [2.05, 4.69) is 4.99 Å². The summed E-state index contributed by atoms with van der Waals surface area (Å²) in [6, 6.07) is 7.98. The second kappa shape index (κ2) is 6.16. The van der Waals surface area contributed by atoms with Gasteiger partial charge in [0.15, 0.2) is 0 Å². The van der Waals surface area contributed by atoms with Gasteiger partial charge in [0.2, 0.25) is 0 Å². The molecule has 0 heterocycles. The lowest BCUT2D eigenvalue weighted by Crippen LogP contribution is -2.20. The molecule has 3 nitrogen and oxygen atoms in total. The molecule has 1 rings (SSSR count). The van der Waals surface area contributed by atoms with Gasteiger partial charge in [0.1, 0.15) is 12.4 Å². The Hall–Kier alpha value is -1.51. The van der Waals surface area contributed by atoms with Gasteiger partial charge in [-0.2, -0.15) is 0 Å². The maximum atomic E-state index is 5.71. The zero-order valence-electron chi connectivity index (χ0n) is 10.2. The molecular formula is C13H20N2O. The second-order valence-corrected chi connectivity index (χ2v) is 4.13. The highest BCUT2D eigenvalue weighted by molar-refractivity contribution is 5.82. The first-order valence-electron chi connectivity index (χ1n) is 5.59. The summed E-state index contributed by atoms with van der Waals surface area (Å²) in [4.78, 5) is 4.23. The quantitative estimate of drug-likeness (QED) is 0.470. The van der Waals surface area contributed by atoms with Crippen molar-refractivity contribution in [2.24, 2.45) is 16.6 Å². The van der Waals surface area contributed by atoms with Crippen LogP contribution in [0.3, 0.4) is 0 Å². The minimum absolute atomic E-state index is 0.305. The number of benzene rings is 1. The van der Waals surface area contributed by atoms with Crippen LogP contribution < -0.4 is 10.5 Å². The Morgan fingerprint density at radius 3 is 2.81 bits per heavy atom. The summed E-state index contributed by atoms with van der Waals surface area (Å²) in [5.74, 6) is 1.88. The van der Waals surface area contributed by atoms with E-state index in [1.54, 1.807) is 0 Å². The third kappa shape index (κ3) is 4.34. The van der Waals surface area contributed by atoms with Crippen molar-refractivity contribution >= 4 is 5.84 Å². The van der Waals surface area contributed by atoms with Gasteiger partial charge in [0.05, 0.1) is 12.4 Å². The van der Waals surface area contributed by atoms with Crippen molar-refractivity contribution in [2.45, 2.75) is 20.8 Å². The number of nitrogens with two attached hydrogens (primary N) is 1. The average molecular weight is 220 g/mol. The molecular weight excluding hydrogens is 200 g/mol. The van der Waals surface area contributed by atoms with E-state index in [1.807, 2.05) is 45.0 Å². The lowest BCUT2D eigenvalue weighted by molar-refractivity contribution is 0.328. The summed E-state index contributed by atoms with van der Waals surface area (Å²) in [5, 5.41) is 0. The van der Waals surface area contributed by atoms with Gasteiger partial charge in [0.25, 0.3) is 0 Å². The minimum atomic E-state index is 0.305. The first kappa shape index (κ1) is 12.6. The Balaban J connectivity index is 2.34. The summed E-state index contributed by atoms with van der Waals surface area (Å²) < 4.78 is 5.55. The highest BCUT2D eigenvalue weighted by Gasteiger charge is 1.98. The van der Waals surface area contributed by atoms with Crippen molar-refractivity contribution in [1.29, 1.82) is 0 Å². The van der Waals surface area contributed by atoms with Crippen molar-refractivity contribution in [3.63, 3.8) is 0 Å². The average Bonchev–Trinajstić information content (AvgIpc) is 2.24. The largest absolute Gasteiger partial charge is 0.492 e. The van der Waals surface area contributed by atoms with Gasteiger partial charge < -0.3 is 10.5 Å². The topological polar surface area (TPSA) is 47.6 Å². The molecule has 0 aromatic heterocycles. The molecule has 88 valence electrons. The second-order valence-electron chi connectivity index (χ2n) is 4.13. The van der Waals surface area contributed by atoms with Crippen LogP contribution in [0.5, 0.6) is 5.75 Å². The van der Waals surface area contributed by atoms with Crippen LogP contribution in [0.25, 0.3) is 0 Å². The molecule has 0 radical (unpaired) electrons. The van der Waals surface area contributed by atoms with Crippen LogP contribution in [0.2, 0.25) is 0 Å². The number of amidine groups is 1. The van der Waals surface area contributed by atoms with E-state index >= 15 is 0 Å². The summed E-state index contributed by atoms with van der Waals surface area (Å²) in [5.41, 5.74) is 6.91. The van der Waals surface area contributed by atoms with E-state index in [9.17, 15) is 0 Å². The van der Waals surface area contributed by atoms with Crippen LogP contribution in [-0.4, -0.2) is 19.0 Å². The van der Waals surface area contributed by atoms with E-state index in [0.29, 0.717) is 24.9 Å². The van der Waals surface area contributed by atoms with Crippen LogP contribution in [0.4, 0.5) is 0 Å². The molecule has 0 spiro atoms. The molecule has 0 fully saturated rings. The Morgan fingerprint density at radius 1 is 1.44 bits per heavy atom. The highest BCUT2D eigenvalue weighted by Crippen LogP contribution is 2.11. The van der Waals surface area contributed by atoms with Crippen LogP contribution >= 0.6 is 0 Å². The molecule has 2 N–H and O–H groups in total. The number of aliphatic imine (C=N–C) groups is 1. The molecule has 1 aromatic rings. The van der Waals surface area contributed by atoms with Gasteiger partial charge in [-0.3, -0.25) is 4.99 Å². The minimum Gasteiger partial charge on any atom is -0.492 e. The number of hydrogen-bond acceptors (Lipinski definition) is 2. The van der Waals surface area contributed by atoms with Crippen LogP contribution in [0, 0.1) is 12.8 Å². The Labute approximate surface area is 97.3 Å². The van der Waals surface area contributed by atoms with Crippen LogP contribution in [0.1, 0.15) is 19.4 Å². The molecule has 0 aliphatic carbocycles. The molecule has 0 unspecified atom stereocenters. The SMILES string of the molecule is Cc1cccc(OCCN=C(N)C(C)C)c1. The number of rotatable bonds is 5. The standard InChI is InChI=1S/C13H20N2O/c1-10(2)13(14)15-7-8-16-12-6-4-5-11(3)9-12/h4-6,9-10H,7-8H2,1-3H3,(H2,14,15). The van der Waals surface area contributed by atoms with Crippen molar-refractivity contribution in [1.82, 2.24) is 0 Å².